The van der Waals surface area contributed by atoms with Crippen LogP contribution >= 0.6 is 23.2 Å². The SMILES string of the molecule is NC1CCCCC1Oc1cc(Cl)nnc1Cl. The maximum Gasteiger partial charge on any atom is 0.193 e. The fourth-order valence-electron chi connectivity index (χ4n) is 1.86. The lowest BCUT2D eigenvalue weighted by atomic mass is 9.93. The van der Waals surface area contributed by atoms with Gasteiger partial charge in [-0.3, -0.25) is 0 Å². The molecule has 4 nitrogen and oxygen atoms in total. The molecule has 0 saturated heterocycles. The molecule has 1 aromatic rings. The largest absolute Gasteiger partial charge is 0.485 e. The molecule has 2 unspecified atom stereocenters. The summed E-state index contributed by atoms with van der Waals surface area (Å²) in [7, 11) is 0. The van der Waals surface area contributed by atoms with E-state index in [0.717, 1.165) is 25.7 Å². The van der Waals surface area contributed by atoms with Crippen molar-refractivity contribution in [2.45, 2.75) is 37.8 Å². The summed E-state index contributed by atoms with van der Waals surface area (Å²) in [4.78, 5) is 0. The standard InChI is InChI=1S/C10H13Cl2N3O/c11-9-5-8(10(12)15-14-9)16-7-4-2-1-3-6(7)13/h5-7H,1-4,13H2. The van der Waals surface area contributed by atoms with Gasteiger partial charge >= 0.3 is 0 Å². The quantitative estimate of drug-likeness (QED) is 0.889. The number of halogens is 2. The predicted molar refractivity (Wildman–Crippen MR) is 62.9 cm³/mol. The first-order valence-electron chi connectivity index (χ1n) is 5.28. The zero-order valence-corrected chi connectivity index (χ0v) is 10.2. The minimum atomic E-state index is -0.00785. The van der Waals surface area contributed by atoms with E-state index in [4.69, 9.17) is 33.7 Å². The van der Waals surface area contributed by atoms with Gasteiger partial charge in [-0.2, -0.15) is 0 Å². The zero-order valence-electron chi connectivity index (χ0n) is 8.70. The molecule has 1 saturated carbocycles. The molecule has 1 aromatic heterocycles. The Morgan fingerprint density at radius 3 is 2.75 bits per heavy atom. The minimum Gasteiger partial charge on any atom is -0.485 e. The van der Waals surface area contributed by atoms with Gasteiger partial charge in [0.1, 0.15) is 6.10 Å². The summed E-state index contributed by atoms with van der Waals surface area (Å²) < 4.78 is 5.74. The van der Waals surface area contributed by atoms with E-state index in [1.165, 1.54) is 0 Å². The summed E-state index contributed by atoms with van der Waals surface area (Å²) in [5.41, 5.74) is 5.98. The fraction of sp³-hybridized carbons (Fsp3) is 0.600. The van der Waals surface area contributed by atoms with Crippen molar-refractivity contribution >= 4 is 23.2 Å². The van der Waals surface area contributed by atoms with E-state index in [9.17, 15) is 0 Å². The summed E-state index contributed by atoms with van der Waals surface area (Å²) in [5.74, 6) is 0.462. The van der Waals surface area contributed by atoms with Crippen molar-refractivity contribution in [1.82, 2.24) is 10.2 Å². The molecule has 1 aliphatic carbocycles. The van der Waals surface area contributed by atoms with E-state index in [1.807, 2.05) is 0 Å². The Bertz CT molecular complexity index is 375. The van der Waals surface area contributed by atoms with Gasteiger partial charge in [0.25, 0.3) is 0 Å². The lowest BCUT2D eigenvalue weighted by Gasteiger charge is -2.29. The van der Waals surface area contributed by atoms with Crippen LogP contribution in [0.25, 0.3) is 0 Å². The molecule has 1 fully saturated rings. The van der Waals surface area contributed by atoms with E-state index in [-0.39, 0.29) is 22.5 Å². The topological polar surface area (TPSA) is 61.0 Å². The first kappa shape index (κ1) is 11.9. The van der Waals surface area contributed by atoms with Gasteiger partial charge in [0.05, 0.1) is 0 Å². The van der Waals surface area contributed by atoms with Gasteiger partial charge in [-0.15, -0.1) is 10.2 Å². The summed E-state index contributed by atoms with van der Waals surface area (Å²) in [6.07, 6.45) is 4.20. The van der Waals surface area contributed by atoms with Gasteiger partial charge in [0, 0.05) is 12.1 Å². The Kier molecular flexibility index (Phi) is 3.84. The summed E-state index contributed by atoms with van der Waals surface area (Å²) in [6.45, 7) is 0. The Balaban J connectivity index is 2.10. The van der Waals surface area contributed by atoms with E-state index in [1.54, 1.807) is 6.07 Å². The second kappa shape index (κ2) is 5.17. The molecule has 1 aliphatic rings. The van der Waals surface area contributed by atoms with Crippen LogP contribution in [0.15, 0.2) is 6.07 Å². The van der Waals surface area contributed by atoms with Crippen LogP contribution in [0, 0.1) is 0 Å². The number of rotatable bonds is 2. The van der Waals surface area contributed by atoms with E-state index in [2.05, 4.69) is 10.2 Å². The van der Waals surface area contributed by atoms with Gasteiger partial charge in [-0.25, -0.2) is 0 Å². The number of hydrogen-bond donors (Lipinski definition) is 1. The van der Waals surface area contributed by atoms with Crippen LogP contribution in [0.2, 0.25) is 10.3 Å². The van der Waals surface area contributed by atoms with Crippen LogP contribution in [0.5, 0.6) is 5.75 Å². The second-order valence-corrected chi connectivity index (χ2v) is 4.67. The van der Waals surface area contributed by atoms with Gasteiger partial charge in [0.2, 0.25) is 0 Å². The maximum absolute atomic E-state index is 5.98. The Morgan fingerprint density at radius 2 is 2.00 bits per heavy atom. The van der Waals surface area contributed by atoms with Gasteiger partial charge in [0.15, 0.2) is 16.1 Å². The van der Waals surface area contributed by atoms with Gasteiger partial charge in [-0.1, -0.05) is 29.6 Å². The molecular weight excluding hydrogens is 249 g/mol. The maximum atomic E-state index is 5.98. The fourth-order valence-corrected chi connectivity index (χ4v) is 2.13. The van der Waals surface area contributed by atoms with Crippen molar-refractivity contribution in [1.29, 1.82) is 0 Å². The van der Waals surface area contributed by atoms with E-state index >= 15 is 0 Å². The summed E-state index contributed by atoms with van der Waals surface area (Å²) in [5, 5.41) is 7.80. The predicted octanol–water partition coefficient (Wildman–Crippen LogP) is 2.43. The van der Waals surface area contributed by atoms with Crippen LogP contribution in [0.3, 0.4) is 0 Å². The van der Waals surface area contributed by atoms with Crippen molar-refractivity contribution in [2.24, 2.45) is 5.73 Å². The summed E-state index contributed by atoms with van der Waals surface area (Å²) in [6, 6.07) is 1.62. The number of hydrogen-bond acceptors (Lipinski definition) is 4. The molecule has 0 aromatic carbocycles. The highest BCUT2D eigenvalue weighted by molar-refractivity contribution is 6.32. The third-order valence-corrected chi connectivity index (χ3v) is 3.17. The number of nitrogens with two attached hydrogens (primary N) is 1. The number of aromatic nitrogens is 2. The molecule has 2 N–H and O–H groups in total. The normalized spacial score (nSPS) is 25.4. The van der Waals surface area contributed by atoms with Gasteiger partial charge in [-0.05, 0) is 19.3 Å². The van der Waals surface area contributed by atoms with Gasteiger partial charge < -0.3 is 10.5 Å². The van der Waals surface area contributed by atoms with Crippen LogP contribution in [-0.4, -0.2) is 22.3 Å². The third-order valence-electron chi connectivity index (χ3n) is 2.72. The van der Waals surface area contributed by atoms with Crippen LogP contribution in [0.4, 0.5) is 0 Å². The molecule has 0 bridgehead atoms. The van der Waals surface area contributed by atoms with Crippen LogP contribution in [-0.2, 0) is 0 Å². The average Bonchev–Trinajstić information content (AvgIpc) is 2.27. The van der Waals surface area contributed by atoms with Crippen molar-refractivity contribution in [3.63, 3.8) is 0 Å². The number of ether oxygens (including phenoxy) is 1. The summed E-state index contributed by atoms with van der Waals surface area (Å²) >= 11 is 11.6. The van der Waals surface area contributed by atoms with Crippen molar-refractivity contribution in [3.05, 3.63) is 16.4 Å². The molecule has 2 rings (SSSR count). The van der Waals surface area contributed by atoms with Crippen LogP contribution < -0.4 is 10.5 Å². The average molecular weight is 262 g/mol. The highest BCUT2D eigenvalue weighted by atomic mass is 35.5. The lowest BCUT2D eigenvalue weighted by Crippen LogP contribution is -2.41. The Labute approximate surface area is 104 Å². The molecule has 0 aliphatic heterocycles. The molecule has 0 radical (unpaired) electrons. The molecule has 0 amide bonds. The van der Waals surface area contributed by atoms with Crippen LogP contribution in [0.1, 0.15) is 25.7 Å². The third kappa shape index (κ3) is 2.75. The smallest absolute Gasteiger partial charge is 0.193 e. The number of nitrogens with zero attached hydrogens (tertiary/aromatic N) is 2. The zero-order chi connectivity index (χ0) is 11.5. The molecule has 1 heterocycles. The first-order valence-corrected chi connectivity index (χ1v) is 6.03. The molecule has 16 heavy (non-hydrogen) atoms. The minimum absolute atomic E-state index is 0.00785. The highest BCUT2D eigenvalue weighted by Gasteiger charge is 2.24. The first-order chi connectivity index (χ1) is 7.66. The van der Waals surface area contributed by atoms with Crippen molar-refractivity contribution < 1.29 is 4.74 Å². The molecular formula is C10H13Cl2N3O. The molecule has 88 valence electrons. The lowest BCUT2D eigenvalue weighted by molar-refractivity contribution is 0.132. The highest BCUT2D eigenvalue weighted by Crippen LogP contribution is 2.28. The van der Waals surface area contributed by atoms with E-state index < -0.39 is 0 Å². The Morgan fingerprint density at radius 1 is 1.25 bits per heavy atom. The Hall–Kier alpha value is -0.580. The second-order valence-electron chi connectivity index (χ2n) is 3.93. The molecule has 0 spiro atoms. The monoisotopic (exact) mass is 261 g/mol. The van der Waals surface area contributed by atoms with Crippen molar-refractivity contribution in [3.8, 4) is 5.75 Å². The van der Waals surface area contributed by atoms with Crippen molar-refractivity contribution in [2.75, 3.05) is 0 Å². The molecule has 6 heteroatoms. The molecule has 2 atom stereocenters. The van der Waals surface area contributed by atoms with E-state index in [0.29, 0.717) is 5.75 Å².